The number of imidazole rings is 1. The number of hydrogen-bond acceptors (Lipinski definition) is 9. The number of carbonyl (C=O) groups excluding carboxylic acids is 3. The highest BCUT2D eigenvalue weighted by Gasteiger charge is 2.31. The van der Waals surface area contributed by atoms with Crippen LogP contribution < -0.4 is 26.5 Å². The average Bonchev–Trinajstić information content (AvgIpc) is 3.63. The van der Waals surface area contributed by atoms with E-state index in [2.05, 4.69) is 43.9 Å². The number of pyridine rings is 1. The molecule has 55 heavy (non-hydrogen) atoms. The number of thiophene rings is 1. The number of halogens is 1. The van der Waals surface area contributed by atoms with Gasteiger partial charge in [-0.05, 0) is 92.9 Å². The maximum atomic E-state index is 13.1. The van der Waals surface area contributed by atoms with Gasteiger partial charge in [-0.25, -0.2) is 9.78 Å². The Balaban J connectivity index is 0.829. The molecule has 0 bridgehead atoms. The molecular weight excluding hydrogens is 736 g/mol. The molecule has 0 aliphatic carbocycles. The van der Waals surface area contributed by atoms with Crippen LogP contribution >= 0.6 is 22.9 Å². The van der Waals surface area contributed by atoms with Gasteiger partial charge in [0.15, 0.2) is 0 Å². The SMILES string of the molecule is C[C@@H]1CNc2c(sc3ccc4nc(-c5ccc(N6CCN(CCCc7ccc8c(c7)n(C)c(=O)n8C7CCC(=O)NC7=O)CC6)cc5Cl)ccc4c23)C(=O)N1. The first-order valence-electron chi connectivity index (χ1n) is 18.8. The lowest BCUT2D eigenvalue weighted by Gasteiger charge is -2.36. The molecule has 6 heterocycles. The summed E-state index contributed by atoms with van der Waals surface area (Å²) in [6.07, 6.45) is 2.40. The third-order valence-electron chi connectivity index (χ3n) is 11.3. The molecule has 2 atom stereocenters. The van der Waals surface area contributed by atoms with Crippen LogP contribution in [0, 0.1) is 0 Å². The maximum absolute atomic E-state index is 13.1. The lowest BCUT2D eigenvalue weighted by Crippen LogP contribution is -2.46. The Morgan fingerprint density at radius 2 is 1.78 bits per heavy atom. The van der Waals surface area contributed by atoms with Gasteiger partial charge in [0.2, 0.25) is 11.8 Å². The van der Waals surface area contributed by atoms with Crippen molar-refractivity contribution in [1.82, 2.24) is 29.7 Å². The lowest BCUT2D eigenvalue weighted by molar-refractivity contribution is -0.135. The van der Waals surface area contributed by atoms with Gasteiger partial charge in [-0.15, -0.1) is 11.3 Å². The van der Waals surface area contributed by atoms with Crippen molar-refractivity contribution in [3.8, 4) is 11.3 Å². The van der Waals surface area contributed by atoms with Crippen LogP contribution in [0.5, 0.6) is 0 Å². The van der Waals surface area contributed by atoms with E-state index in [1.165, 1.54) is 15.9 Å². The van der Waals surface area contributed by atoms with Gasteiger partial charge in [0.25, 0.3) is 5.91 Å². The highest BCUT2D eigenvalue weighted by Crippen LogP contribution is 2.42. The van der Waals surface area contributed by atoms with Gasteiger partial charge >= 0.3 is 5.69 Å². The Bertz CT molecular complexity index is 2600. The minimum Gasteiger partial charge on any atom is -0.381 e. The topological polar surface area (TPSA) is 134 Å². The van der Waals surface area contributed by atoms with Crippen LogP contribution in [-0.2, 0) is 23.1 Å². The number of anilines is 2. The van der Waals surface area contributed by atoms with Crippen LogP contribution in [0.1, 0.15) is 47.5 Å². The fraction of sp³-hybridized carbons (Fsp3) is 0.341. The third kappa shape index (κ3) is 6.43. The number of piperazine rings is 1. The second-order valence-corrected chi connectivity index (χ2v) is 16.3. The lowest BCUT2D eigenvalue weighted by atomic mass is 10.0. The Labute approximate surface area is 326 Å². The van der Waals surface area contributed by atoms with E-state index in [0.717, 1.165) is 100 Å². The van der Waals surface area contributed by atoms with Crippen molar-refractivity contribution in [2.45, 2.75) is 44.7 Å². The summed E-state index contributed by atoms with van der Waals surface area (Å²) in [5.41, 5.74) is 6.93. The second kappa shape index (κ2) is 14.1. The molecule has 0 radical (unpaired) electrons. The average molecular weight is 777 g/mol. The molecule has 1 unspecified atom stereocenters. The number of carbonyl (C=O) groups is 3. The molecule has 3 N–H and O–H groups in total. The molecule has 2 fully saturated rings. The number of amides is 3. The minimum absolute atomic E-state index is 0.0387. The zero-order valence-corrected chi connectivity index (χ0v) is 32.2. The van der Waals surface area contributed by atoms with Gasteiger partial charge in [0.05, 0.1) is 33.0 Å². The van der Waals surface area contributed by atoms with E-state index in [4.69, 9.17) is 16.6 Å². The maximum Gasteiger partial charge on any atom is 0.329 e. The van der Waals surface area contributed by atoms with Crippen molar-refractivity contribution >= 4 is 84.1 Å². The number of aromatic nitrogens is 3. The summed E-state index contributed by atoms with van der Waals surface area (Å²) in [6.45, 7) is 7.33. The molecule has 6 aromatic rings. The summed E-state index contributed by atoms with van der Waals surface area (Å²) < 4.78 is 4.17. The van der Waals surface area contributed by atoms with E-state index >= 15 is 0 Å². The molecule has 282 valence electrons. The number of nitrogens with zero attached hydrogens (tertiary/aromatic N) is 5. The Kier molecular flexibility index (Phi) is 9.10. The van der Waals surface area contributed by atoms with Gasteiger partial charge in [-0.1, -0.05) is 17.7 Å². The van der Waals surface area contributed by atoms with Crippen LogP contribution in [0.2, 0.25) is 5.02 Å². The molecule has 2 saturated heterocycles. The third-order valence-corrected chi connectivity index (χ3v) is 12.7. The number of rotatable bonds is 7. The summed E-state index contributed by atoms with van der Waals surface area (Å²) in [7, 11) is 1.73. The Hall–Kier alpha value is -5.24. The van der Waals surface area contributed by atoms with Crippen LogP contribution in [0.3, 0.4) is 0 Å². The predicted octanol–water partition coefficient (Wildman–Crippen LogP) is 5.70. The van der Waals surface area contributed by atoms with Crippen molar-refractivity contribution in [2.24, 2.45) is 7.05 Å². The summed E-state index contributed by atoms with van der Waals surface area (Å²) >= 11 is 8.44. The normalized spacial score (nSPS) is 19.4. The van der Waals surface area contributed by atoms with Crippen molar-refractivity contribution in [3.05, 3.63) is 86.6 Å². The van der Waals surface area contributed by atoms with Gasteiger partial charge in [-0.3, -0.25) is 33.7 Å². The fourth-order valence-electron chi connectivity index (χ4n) is 8.31. The van der Waals surface area contributed by atoms with Crippen molar-refractivity contribution in [1.29, 1.82) is 0 Å². The number of fused-ring (bicyclic) bond motifs is 6. The zero-order valence-electron chi connectivity index (χ0n) is 30.7. The Morgan fingerprint density at radius 1 is 0.945 bits per heavy atom. The van der Waals surface area contributed by atoms with Gasteiger partial charge in [0, 0.05) is 79.0 Å². The van der Waals surface area contributed by atoms with Crippen LogP contribution in [0.4, 0.5) is 11.4 Å². The predicted molar refractivity (Wildman–Crippen MR) is 219 cm³/mol. The molecule has 3 aliphatic heterocycles. The summed E-state index contributed by atoms with van der Waals surface area (Å²) in [4.78, 5) is 60.8. The molecule has 9 rings (SSSR count). The highest BCUT2D eigenvalue weighted by atomic mass is 35.5. The summed E-state index contributed by atoms with van der Waals surface area (Å²) in [6, 6.07) is 19.8. The number of imide groups is 1. The molecule has 3 amide bonds. The van der Waals surface area contributed by atoms with Gasteiger partial charge < -0.3 is 15.5 Å². The van der Waals surface area contributed by atoms with E-state index in [9.17, 15) is 19.2 Å². The molecule has 3 aliphatic rings. The largest absolute Gasteiger partial charge is 0.381 e. The van der Waals surface area contributed by atoms with E-state index in [-0.39, 0.29) is 30.0 Å². The van der Waals surface area contributed by atoms with Gasteiger partial charge in [0.1, 0.15) is 10.9 Å². The van der Waals surface area contributed by atoms with Crippen molar-refractivity contribution in [3.63, 3.8) is 0 Å². The first-order chi connectivity index (χ1) is 26.6. The molecule has 3 aromatic heterocycles. The number of benzene rings is 3. The molecule has 0 spiro atoms. The number of aryl methyl sites for hydroxylation is 2. The van der Waals surface area contributed by atoms with E-state index in [1.54, 1.807) is 11.6 Å². The second-order valence-electron chi connectivity index (χ2n) is 14.9. The Morgan fingerprint density at radius 3 is 2.58 bits per heavy atom. The first-order valence-corrected chi connectivity index (χ1v) is 20.0. The van der Waals surface area contributed by atoms with Crippen LogP contribution in [0.15, 0.2) is 65.5 Å². The zero-order chi connectivity index (χ0) is 38.0. The molecule has 12 nitrogen and oxygen atoms in total. The molecule has 0 saturated carbocycles. The monoisotopic (exact) mass is 776 g/mol. The quantitative estimate of drug-likeness (QED) is 0.176. The molecular formula is C41H41ClN8O4S. The number of piperidine rings is 1. The molecule has 3 aromatic carbocycles. The minimum atomic E-state index is -0.682. The van der Waals surface area contributed by atoms with Crippen molar-refractivity contribution in [2.75, 3.05) is 49.5 Å². The number of hydrogen-bond donors (Lipinski definition) is 3. The highest BCUT2D eigenvalue weighted by molar-refractivity contribution is 7.21. The fourth-order valence-corrected chi connectivity index (χ4v) is 9.68. The molecule has 14 heteroatoms. The van der Waals surface area contributed by atoms with Crippen LogP contribution in [-0.4, -0.2) is 82.1 Å². The van der Waals surface area contributed by atoms with Crippen molar-refractivity contribution < 1.29 is 14.4 Å². The van der Waals surface area contributed by atoms with E-state index in [1.807, 2.05) is 49.4 Å². The van der Waals surface area contributed by atoms with E-state index in [0.29, 0.717) is 28.4 Å². The number of nitrogens with one attached hydrogen (secondary N) is 3. The van der Waals surface area contributed by atoms with E-state index < -0.39 is 11.9 Å². The first kappa shape index (κ1) is 35.5. The summed E-state index contributed by atoms with van der Waals surface area (Å²) in [5.74, 6) is -0.758. The standard InChI is InChI=1S/C41H41ClN8O4S/c1-23-22-43-37-36-27-8-9-29(45-30(27)10-13-34(36)55-38(37)40(53)44-23)26-7-6-25(21-28(26)42)49-18-16-48(17-19-49)15-3-4-24-5-11-31-33(20-24)47(2)41(54)50(31)32-12-14-35(51)46-39(32)52/h5-11,13,20-21,23,32,43H,3-4,12,14-19,22H2,1-2H3,(H,44,53)(H,46,51,52)/t23-,32?/m1/s1. The summed E-state index contributed by atoms with van der Waals surface area (Å²) in [5, 5.41) is 11.6. The van der Waals surface area contributed by atoms with Crippen LogP contribution in [0.25, 0.3) is 43.3 Å². The smallest absolute Gasteiger partial charge is 0.329 e. The van der Waals surface area contributed by atoms with Gasteiger partial charge in [-0.2, -0.15) is 0 Å².